The first-order chi connectivity index (χ1) is 8.16. The Balaban J connectivity index is 2.17. The summed E-state index contributed by atoms with van der Waals surface area (Å²) < 4.78 is 0. The summed E-state index contributed by atoms with van der Waals surface area (Å²) in [6.07, 6.45) is 2.91. The van der Waals surface area contributed by atoms with Crippen LogP contribution in [0.4, 0.5) is 5.69 Å². The molecule has 0 radical (unpaired) electrons. The molecule has 2 rings (SSSR count). The van der Waals surface area contributed by atoms with E-state index in [0.717, 1.165) is 0 Å². The quantitative estimate of drug-likeness (QED) is 0.804. The lowest BCUT2D eigenvalue weighted by Crippen LogP contribution is -2.12. The molecule has 1 amide bonds. The number of carbonyl (C=O) groups excluding carboxylic acids is 1. The van der Waals surface area contributed by atoms with Gasteiger partial charge in [-0.1, -0.05) is 11.6 Å². The number of carbonyl (C=O) groups is 1. The predicted molar refractivity (Wildman–Crippen MR) is 65.3 cm³/mol. The smallest absolute Gasteiger partial charge is 0.257 e. The second-order valence-corrected chi connectivity index (χ2v) is 3.76. The third kappa shape index (κ3) is 2.73. The Hall–Kier alpha value is -2.07. The monoisotopic (exact) mass is 248 g/mol. The highest BCUT2D eigenvalue weighted by Gasteiger charge is 2.09. The van der Waals surface area contributed by atoms with Gasteiger partial charge in [0, 0.05) is 18.1 Å². The van der Waals surface area contributed by atoms with E-state index in [-0.39, 0.29) is 11.7 Å². The first-order valence-electron chi connectivity index (χ1n) is 4.87. The first-order valence-corrected chi connectivity index (χ1v) is 5.24. The number of anilines is 1. The highest BCUT2D eigenvalue weighted by atomic mass is 35.5. The van der Waals surface area contributed by atoms with Crippen LogP contribution in [-0.4, -0.2) is 16.0 Å². The van der Waals surface area contributed by atoms with Gasteiger partial charge in [-0.05, 0) is 30.3 Å². The predicted octanol–water partition coefficient (Wildman–Crippen LogP) is 2.69. The average molecular weight is 249 g/mol. The molecule has 2 aromatic rings. The molecule has 0 fully saturated rings. The van der Waals surface area contributed by atoms with E-state index >= 15 is 0 Å². The van der Waals surface area contributed by atoms with E-state index in [2.05, 4.69) is 10.3 Å². The van der Waals surface area contributed by atoms with Gasteiger partial charge in [0.1, 0.15) is 5.75 Å². The summed E-state index contributed by atoms with van der Waals surface area (Å²) in [6.45, 7) is 0. The molecule has 5 heteroatoms. The van der Waals surface area contributed by atoms with Crippen LogP contribution in [-0.2, 0) is 0 Å². The Morgan fingerprint density at radius 1 is 1.24 bits per heavy atom. The number of rotatable bonds is 2. The second kappa shape index (κ2) is 4.84. The summed E-state index contributed by atoms with van der Waals surface area (Å²) >= 11 is 5.85. The Labute approximate surface area is 103 Å². The lowest BCUT2D eigenvalue weighted by Gasteiger charge is -2.06. The van der Waals surface area contributed by atoms with Crippen molar-refractivity contribution in [1.82, 2.24) is 4.98 Å². The van der Waals surface area contributed by atoms with Gasteiger partial charge in [0.05, 0.1) is 10.6 Å². The molecule has 0 atom stereocenters. The minimum absolute atomic E-state index is 0.143. The number of hydrogen-bond acceptors (Lipinski definition) is 3. The van der Waals surface area contributed by atoms with E-state index in [1.165, 1.54) is 30.6 Å². The van der Waals surface area contributed by atoms with E-state index in [0.29, 0.717) is 16.3 Å². The number of aromatic nitrogens is 1. The normalized spacial score (nSPS) is 9.94. The fourth-order valence-electron chi connectivity index (χ4n) is 1.30. The van der Waals surface area contributed by atoms with Gasteiger partial charge >= 0.3 is 0 Å². The van der Waals surface area contributed by atoms with Gasteiger partial charge in [-0.3, -0.25) is 9.78 Å². The third-order valence-corrected chi connectivity index (χ3v) is 2.44. The standard InChI is InChI=1S/C12H9ClN2O2/c13-11-7-14-6-5-10(11)12(17)15-8-1-3-9(16)4-2-8/h1-7,16H,(H,15,17). The summed E-state index contributed by atoms with van der Waals surface area (Å²) in [5, 5.41) is 12.1. The van der Waals surface area contributed by atoms with E-state index in [1.807, 2.05) is 0 Å². The van der Waals surface area contributed by atoms with Crippen LogP contribution in [0.3, 0.4) is 0 Å². The van der Waals surface area contributed by atoms with Gasteiger partial charge in [0.2, 0.25) is 0 Å². The van der Waals surface area contributed by atoms with Crippen LogP contribution in [0.25, 0.3) is 0 Å². The Kier molecular flexibility index (Phi) is 3.25. The van der Waals surface area contributed by atoms with Gasteiger partial charge in [0.15, 0.2) is 0 Å². The topological polar surface area (TPSA) is 62.2 Å². The van der Waals surface area contributed by atoms with Crippen LogP contribution in [0.5, 0.6) is 5.75 Å². The van der Waals surface area contributed by atoms with Gasteiger partial charge in [-0.15, -0.1) is 0 Å². The zero-order chi connectivity index (χ0) is 12.3. The van der Waals surface area contributed by atoms with Crippen molar-refractivity contribution >= 4 is 23.2 Å². The summed E-state index contributed by atoms with van der Waals surface area (Å²) in [6, 6.07) is 7.72. The maximum atomic E-state index is 11.8. The minimum Gasteiger partial charge on any atom is -0.508 e. The van der Waals surface area contributed by atoms with E-state index in [1.54, 1.807) is 12.1 Å². The fourth-order valence-corrected chi connectivity index (χ4v) is 1.51. The van der Waals surface area contributed by atoms with Crippen molar-refractivity contribution in [3.63, 3.8) is 0 Å². The SMILES string of the molecule is O=C(Nc1ccc(O)cc1)c1ccncc1Cl. The number of amides is 1. The van der Waals surface area contributed by atoms with Crippen LogP contribution < -0.4 is 5.32 Å². The summed E-state index contributed by atoms with van der Waals surface area (Å²) in [7, 11) is 0. The highest BCUT2D eigenvalue weighted by molar-refractivity contribution is 6.34. The third-order valence-electron chi connectivity index (χ3n) is 2.14. The summed E-state index contributed by atoms with van der Waals surface area (Å²) in [5.74, 6) is -0.173. The molecule has 0 aliphatic carbocycles. The average Bonchev–Trinajstić information content (AvgIpc) is 2.32. The van der Waals surface area contributed by atoms with Crippen molar-refractivity contribution in [2.45, 2.75) is 0 Å². The maximum absolute atomic E-state index is 11.8. The lowest BCUT2D eigenvalue weighted by molar-refractivity contribution is 0.102. The number of phenolic OH excluding ortho intramolecular Hbond substituents is 1. The summed E-state index contributed by atoms with van der Waals surface area (Å²) in [4.78, 5) is 15.6. The number of pyridine rings is 1. The fraction of sp³-hybridized carbons (Fsp3) is 0. The number of phenols is 1. The second-order valence-electron chi connectivity index (χ2n) is 3.36. The lowest BCUT2D eigenvalue weighted by atomic mass is 10.2. The molecule has 1 aromatic carbocycles. The van der Waals surface area contributed by atoms with Crippen molar-refractivity contribution in [3.05, 3.63) is 53.3 Å². The van der Waals surface area contributed by atoms with Gasteiger partial charge in [0.25, 0.3) is 5.91 Å². The zero-order valence-electron chi connectivity index (χ0n) is 8.72. The van der Waals surface area contributed by atoms with Crippen molar-refractivity contribution in [3.8, 4) is 5.75 Å². The molecule has 0 unspecified atom stereocenters. The largest absolute Gasteiger partial charge is 0.508 e. The summed E-state index contributed by atoms with van der Waals surface area (Å²) in [5.41, 5.74) is 0.940. The Morgan fingerprint density at radius 2 is 1.94 bits per heavy atom. The first kappa shape index (κ1) is 11.4. The number of nitrogens with zero attached hydrogens (tertiary/aromatic N) is 1. The number of nitrogens with one attached hydrogen (secondary N) is 1. The molecule has 0 aliphatic heterocycles. The van der Waals surface area contributed by atoms with E-state index in [4.69, 9.17) is 16.7 Å². The molecule has 0 saturated carbocycles. The van der Waals surface area contributed by atoms with Crippen LogP contribution in [0.2, 0.25) is 5.02 Å². The van der Waals surface area contributed by atoms with E-state index < -0.39 is 0 Å². The molecule has 86 valence electrons. The Morgan fingerprint density at radius 3 is 2.59 bits per heavy atom. The number of aromatic hydroxyl groups is 1. The molecule has 0 aliphatic rings. The molecule has 4 nitrogen and oxygen atoms in total. The zero-order valence-corrected chi connectivity index (χ0v) is 9.48. The van der Waals surface area contributed by atoms with Crippen LogP contribution >= 0.6 is 11.6 Å². The minimum atomic E-state index is -0.317. The Bertz CT molecular complexity index is 540. The van der Waals surface area contributed by atoms with E-state index in [9.17, 15) is 4.79 Å². The molecule has 2 N–H and O–H groups in total. The van der Waals surface area contributed by atoms with Gasteiger partial charge < -0.3 is 10.4 Å². The molecule has 1 heterocycles. The van der Waals surface area contributed by atoms with Crippen LogP contribution in [0, 0.1) is 0 Å². The van der Waals surface area contributed by atoms with Crippen LogP contribution in [0.15, 0.2) is 42.7 Å². The number of hydrogen-bond donors (Lipinski definition) is 2. The molecule has 0 bridgehead atoms. The van der Waals surface area contributed by atoms with Crippen molar-refractivity contribution in [2.24, 2.45) is 0 Å². The van der Waals surface area contributed by atoms with Gasteiger partial charge in [-0.25, -0.2) is 0 Å². The number of halogens is 1. The van der Waals surface area contributed by atoms with Crippen molar-refractivity contribution in [2.75, 3.05) is 5.32 Å². The van der Waals surface area contributed by atoms with Crippen molar-refractivity contribution in [1.29, 1.82) is 0 Å². The van der Waals surface area contributed by atoms with Crippen LogP contribution in [0.1, 0.15) is 10.4 Å². The number of benzene rings is 1. The molecule has 17 heavy (non-hydrogen) atoms. The highest BCUT2D eigenvalue weighted by Crippen LogP contribution is 2.17. The molecular weight excluding hydrogens is 240 g/mol. The molecule has 0 saturated heterocycles. The molecule has 0 spiro atoms. The van der Waals surface area contributed by atoms with Crippen molar-refractivity contribution < 1.29 is 9.90 Å². The maximum Gasteiger partial charge on any atom is 0.257 e. The van der Waals surface area contributed by atoms with Gasteiger partial charge in [-0.2, -0.15) is 0 Å². The molecular formula is C12H9ClN2O2. The molecule has 1 aromatic heterocycles.